The standard InChI is InChI=1S/C32H70O11Si2/c1-31(2,3)44(7,8)42-29-27-40-25-23-38-21-19-36-17-15-34-13-11-33-12-14-35-16-18-37-20-22-39-24-26-41-28-30-43-45(9,10)32(4,5)6/h11-30H2,1-10H3. The van der Waals surface area contributed by atoms with Crippen molar-refractivity contribution in [1.82, 2.24) is 0 Å². The average Bonchev–Trinajstić information content (AvgIpc) is 2.94. The van der Waals surface area contributed by atoms with Crippen LogP contribution in [-0.4, -0.2) is 149 Å². The first kappa shape index (κ1) is 45.0. The summed E-state index contributed by atoms with van der Waals surface area (Å²) >= 11 is 0. The summed E-state index contributed by atoms with van der Waals surface area (Å²) in [7, 11) is -3.39. The zero-order valence-electron chi connectivity index (χ0n) is 30.6. The molecule has 0 aliphatic rings. The second kappa shape index (κ2) is 26.9. The van der Waals surface area contributed by atoms with Gasteiger partial charge in [0, 0.05) is 0 Å². The van der Waals surface area contributed by atoms with Gasteiger partial charge >= 0.3 is 0 Å². The molecule has 272 valence electrons. The van der Waals surface area contributed by atoms with Gasteiger partial charge in [0.2, 0.25) is 0 Å². The summed E-state index contributed by atoms with van der Waals surface area (Å²) in [5, 5.41) is 0.439. The van der Waals surface area contributed by atoms with Gasteiger partial charge in [-0.2, -0.15) is 0 Å². The van der Waals surface area contributed by atoms with Gasteiger partial charge in [-0.1, -0.05) is 41.5 Å². The van der Waals surface area contributed by atoms with Crippen LogP contribution in [0.5, 0.6) is 0 Å². The topological polar surface area (TPSA) is 102 Å². The largest absolute Gasteiger partial charge is 0.414 e. The van der Waals surface area contributed by atoms with E-state index < -0.39 is 16.6 Å². The van der Waals surface area contributed by atoms with Crippen molar-refractivity contribution in [3.05, 3.63) is 0 Å². The Kier molecular flexibility index (Phi) is 26.9. The number of ether oxygens (including phenoxy) is 9. The number of rotatable bonds is 32. The van der Waals surface area contributed by atoms with Gasteiger partial charge in [-0.05, 0) is 36.3 Å². The van der Waals surface area contributed by atoms with Crippen LogP contribution >= 0.6 is 0 Å². The van der Waals surface area contributed by atoms with Crippen molar-refractivity contribution in [3.63, 3.8) is 0 Å². The van der Waals surface area contributed by atoms with Gasteiger partial charge in [-0.25, -0.2) is 0 Å². The van der Waals surface area contributed by atoms with E-state index in [9.17, 15) is 0 Å². The smallest absolute Gasteiger partial charge is 0.192 e. The van der Waals surface area contributed by atoms with Crippen molar-refractivity contribution in [1.29, 1.82) is 0 Å². The van der Waals surface area contributed by atoms with Gasteiger partial charge in [0.1, 0.15) is 0 Å². The van der Waals surface area contributed by atoms with Gasteiger partial charge in [0.15, 0.2) is 16.6 Å². The maximum absolute atomic E-state index is 6.08. The lowest BCUT2D eigenvalue weighted by Gasteiger charge is -2.36. The highest BCUT2D eigenvalue weighted by molar-refractivity contribution is 6.74. The quantitative estimate of drug-likeness (QED) is 0.0692. The van der Waals surface area contributed by atoms with E-state index in [1.807, 2.05) is 0 Å². The summed E-state index contributed by atoms with van der Waals surface area (Å²) < 4.78 is 61.9. The molecule has 0 aromatic carbocycles. The Hall–Kier alpha value is -0.00623. The lowest BCUT2D eigenvalue weighted by molar-refractivity contribution is -0.0258. The molecule has 0 aromatic heterocycles. The first-order valence-corrected chi connectivity index (χ1v) is 22.5. The molecule has 0 saturated heterocycles. The van der Waals surface area contributed by atoms with Crippen LogP contribution in [0.15, 0.2) is 0 Å². The molecular weight excluding hydrogens is 617 g/mol. The molecule has 0 heterocycles. The molecule has 0 unspecified atom stereocenters. The fraction of sp³-hybridized carbons (Fsp3) is 1.00. The molecule has 0 atom stereocenters. The maximum Gasteiger partial charge on any atom is 0.192 e. The minimum atomic E-state index is -1.69. The predicted octanol–water partition coefficient (Wildman–Crippen LogP) is 5.18. The molecule has 13 heteroatoms. The average molecular weight is 687 g/mol. The first-order chi connectivity index (χ1) is 21.2. The maximum atomic E-state index is 6.08. The molecule has 0 aromatic rings. The van der Waals surface area contributed by atoms with Crippen LogP contribution in [0.4, 0.5) is 0 Å². The molecular formula is C32H70O11Si2. The van der Waals surface area contributed by atoms with Crippen LogP contribution < -0.4 is 0 Å². The van der Waals surface area contributed by atoms with Crippen LogP contribution in [0.1, 0.15) is 41.5 Å². The number of hydrogen-bond acceptors (Lipinski definition) is 11. The third-order valence-electron chi connectivity index (χ3n) is 7.97. The Labute approximate surface area is 277 Å². The Morgan fingerprint density at radius 3 is 0.533 bits per heavy atom. The molecule has 0 amide bonds. The zero-order valence-corrected chi connectivity index (χ0v) is 32.6. The molecule has 0 fully saturated rings. The van der Waals surface area contributed by atoms with E-state index in [0.717, 1.165) is 0 Å². The van der Waals surface area contributed by atoms with E-state index in [1.54, 1.807) is 0 Å². The lowest BCUT2D eigenvalue weighted by Crippen LogP contribution is -2.41. The fourth-order valence-electron chi connectivity index (χ4n) is 3.01. The zero-order chi connectivity index (χ0) is 33.9. The molecule has 0 N–H and O–H groups in total. The van der Waals surface area contributed by atoms with Crippen LogP contribution in [0, 0.1) is 0 Å². The normalized spacial score (nSPS) is 13.2. The van der Waals surface area contributed by atoms with Crippen molar-refractivity contribution >= 4 is 16.6 Å². The van der Waals surface area contributed by atoms with Gasteiger partial charge < -0.3 is 51.5 Å². The molecule has 11 nitrogen and oxygen atoms in total. The molecule has 0 bridgehead atoms. The Bertz CT molecular complexity index is 602. The van der Waals surface area contributed by atoms with E-state index in [1.165, 1.54) is 0 Å². The summed E-state index contributed by atoms with van der Waals surface area (Å²) in [6.07, 6.45) is 0. The van der Waals surface area contributed by atoms with Gasteiger partial charge in [-0.3, -0.25) is 0 Å². The van der Waals surface area contributed by atoms with Gasteiger partial charge in [0.25, 0.3) is 0 Å². The molecule has 0 aliphatic carbocycles. The highest BCUT2D eigenvalue weighted by Crippen LogP contribution is 2.37. The molecule has 0 rings (SSSR count). The first-order valence-electron chi connectivity index (χ1n) is 16.7. The van der Waals surface area contributed by atoms with E-state index in [2.05, 4.69) is 67.7 Å². The summed E-state index contributed by atoms with van der Waals surface area (Å²) in [5.41, 5.74) is 0. The Morgan fingerprint density at radius 2 is 0.400 bits per heavy atom. The Morgan fingerprint density at radius 1 is 0.267 bits per heavy atom. The highest BCUT2D eigenvalue weighted by Gasteiger charge is 2.37. The van der Waals surface area contributed by atoms with Crippen LogP contribution in [0.2, 0.25) is 36.3 Å². The van der Waals surface area contributed by atoms with Gasteiger partial charge in [0.05, 0.1) is 132 Å². The summed E-state index contributed by atoms with van der Waals surface area (Å²) in [5.74, 6) is 0. The van der Waals surface area contributed by atoms with E-state index in [-0.39, 0.29) is 10.1 Å². The second-order valence-electron chi connectivity index (χ2n) is 13.7. The predicted molar refractivity (Wildman–Crippen MR) is 184 cm³/mol. The molecule has 0 spiro atoms. The lowest BCUT2D eigenvalue weighted by atomic mass is 10.2. The van der Waals surface area contributed by atoms with Crippen molar-refractivity contribution < 1.29 is 51.5 Å². The van der Waals surface area contributed by atoms with Gasteiger partial charge in [-0.15, -0.1) is 0 Å². The van der Waals surface area contributed by atoms with E-state index >= 15 is 0 Å². The van der Waals surface area contributed by atoms with E-state index in [0.29, 0.717) is 132 Å². The molecule has 0 saturated carbocycles. The summed E-state index contributed by atoms with van der Waals surface area (Å²) in [6, 6.07) is 0. The third kappa shape index (κ3) is 26.6. The molecule has 0 aliphatic heterocycles. The Balaban J connectivity index is 3.20. The van der Waals surface area contributed by atoms with Crippen LogP contribution in [0.3, 0.4) is 0 Å². The van der Waals surface area contributed by atoms with Crippen LogP contribution in [0.25, 0.3) is 0 Å². The summed E-state index contributed by atoms with van der Waals surface area (Å²) in [4.78, 5) is 0. The minimum absolute atomic E-state index is 0.220. The van der Waals surface area contributed by atoms with Crippen molar-refractivity contribution in [3.8, 4) is 0 Å². The van der Waals surface area contributed by atoms with E-state index in [4.69, 9.17) is 51.5 Å². The number of hydrogen-bond donors (Lipinski definition) is 0. The molecule has 0 radical (unpaired) electrons. The molecule has 45 heavy (non-hydrogen) atoms. The minimum Gasteiger partial charge on any atom is -0.414 e. The fourth-order valence-corrected chi connectivity index (χ4v) is 5.06. The SMILES string of the molecule is CC(C)(C)[Si](C)(C)OCCOCCOCCOCCOCCOCCOCCOCCOCCOCCO[Si](C)(C)C(C)(C)C. The third-order valence-corrected chi connectivity index (χ3v) is 17.0. The van der Waals surface area contributed by atoms with Crippen molar-refractivity contribution in [2.45, 2.75) is 77.8 Å². The highest BCUT2D eigenvalue weighted by atomic mass is 28.4. The summed E-state index contributed by atoms with van der Waals surface area (Å²) in [6.45, 7) is 33.4. The van der Waals surface area contributed by atoms with Crippen molar-refractivity contribution in [2.24, 2.45) is 0 Å². The van der Waals surface area contributed by atoms with Crippen LogP contribution in [-0.2, 0) is 51.5 Å². The second-order valence-corrected chi connectivity index (χ2v) is 23.3. The monoisotopic (exact) mass is 686 g/mol. The van der Waals surface area contributed by atoms with Crippen molar-refractivity contribution in [2.75, 3.05) is 132 Å².